The largest absolute Gasteiger partial charge is 0.497 e. The van der Waals surface area contributed by atoms with Crippen molar-refractivity contribution in [3.8, 4) is 17.0 Å². The minimum atomic E-state index is -5.69. The number of ether oxygens (including phenoxy) is 1. The molecule has 0 saturated carbocycles. The van der Waals surface area contributed by atoms with Gasteiger partial charge in [-0.15, -0.1) is 0 Å². The molecular weight excluding hydrogens is 423 g/mol. The molecule has 0 aliphatic heterocycles. The number of alkyl halides is 3. The van der Waals surface area contributed by atoms with E-state index in [1.165, 1.54) is 12.4 Å². The number of nitrogens with one attached hydrogen (secondary N) is 2. The predicted molar refractivity (Wildman–Crippen MR) is 89.8 cm³/mol. The number of nitrogens with zero attached hydrogens (tertiary/aromatic N) is 1. The van der Waals surface area contributed by atoms with Crippen molar-refractivity contribution in [2.75, 3.05) is 12.4 Å². The van der Waals surface area contributed by atoms with Gasteiger partial charge in [0.2, 0.25) is 0 Å². The summed E-state index contributed by atoms with van der Waals surface area (Å²) in [6.07, 6.45) is -5.69. The number of amides is 1. The van der Waals surface area contributed by atoms with E-state index in [0.717, 1.165) is 6.07 Å². The summed E-state index contributed by atoms with van der Waals surface area (Å²) in [7, 11) is 1.42. The highest BCUT2D eigenvalue weighted by Crippen LogP contribution is 2.38. The molecule has 0 bridgehead atoms. The Morgan fingerprint density at radius 1 is 1.03 bits per heavy atom. The molecule has 30 heavy (non-hydrogen) atoms. The van der Waals surface area contributed by atoms with E-state index in [1.807, 2.05) is 0 Å². The number of aromatic nitrogens is 2. The molecule has 2 aromatic carbocycles. The van der Waals surface area contributed by atoms with E-state index < -0.39 is 46.6 Å². The Hall–Kier alpha value is -3.57. The summed E-state index contributed by atoms with van der Waals surface area (Å²) in [6, 6.07) is 7.60. The molecule has 0 saturated heterocycles. The van der Waals surface area contributed by atoms with Crippen LogP contribution in [0, 0.1) is 23.3 Å². The van der Waals surface area contributed by atoms with Gasteiger partial charge in [0.1, 0.15) is 22.7 Å². The Labute approximate surface area is 163 Å². The normalized spacial score (nSPS) is 11.5. The summed E-state index contributed by atoms with van der Waals surface area (Å²) in [5.74, 6) is -11.0. The molecule has 2 N–H and O–H groups in total. The molecule has 5 nitrogen and oxygen atoms in total. The topological polar surface area (TPSA) is 67.0 Å². The maximum atomic E-state index is 13.9. The summed E-state index contributed by atoms with van der Waals surface area (Å²) >= 11 is 0. The van der Waals surface area contributed by atoms with Crippen molar-refractivity contribution in [3.05, 3.63) is 64.9 Å². The lowest BCUT2D eigenvalue weighted by molar-refractivity contribution is -0.143. The first kappa shape index (κ1) is 21.1. The van der Waals surface area contributed by atoms with E-state index in [1.54, 1.807) is 24.3 Å². The molecule has 158 valence electrons. The lowest BCUT2D eigenvalue weighted by atomic mass is 10.1. The fourth-order valence-corrected chi connectivity index (χ4v) is 2.54. The smallest absolute Gasteiger partial charge is 0.422 e. The van der Waals surface area contributed by atoms with Crippen molar-refractivity contribution < 1.29 is 40.3 Å². The lowest BCUT2D eigenvalue weighted by Crippen LogP contribution is -2.20. The molecule has 1 aromatic heterocycles. The zero-order valence-corrected chi connectivity index (χ0v) is 14.8. The van der Waals surface area contributed by atoms with Crippen LogP contribution in [0.5, 0.6) is 5.75 Å². The minimum absolute atomic E-state index is 0.213. The van der Waals surface area contributed by atoms with E-state index >= 15 is 0 Å². The summed E-state index contributed by atoms with van der Waals surface area (Å²) in [5, 5.41) is 7.59. The highest BCUT2D eigenvalue weighted by atomic mass is 19.4. The van der Waals surface area contributed by atoms with Crippen LogP contribution < -0.4 is 10.1 Å². The number of H-pyrrole nitrogens is 1. The fourth-order valence-electron chi connectivity index (χ4n) is 2.54. The van der Waals surface area contributed by atoms with Crippen LogP contribution >= 0.6 is 0 Å². The number of hydrogen-bond acceptors (Lipinski definition) is 3. The number of aromatic amines is 1. The Bertz CT molecular complexity index is 1100. The minimum Gasteiger partial charge on any atom is -0.497 e. The molecule has 0 atom stereocenters. The van der Waals surface area contributed by atoms with Crippen molar-refractivity contribution in [2.45, 2.75) is 6.18 Å². The van der Waals surface area contributed by atoms with Gasteiger partial charge in [-0.3, -0.25) is 9.89 Å². The van der Waals surface area contributed by atoms with E-state index in [4.69, 9.17) is 4.74 Å². The van der Waals surface area contributed by atoms with Crippen LogP contribution in [-0.4, -0.2) is 23.2 Å². The lowest BCUT2D eigenvalue weighted by Gasteiger charge is -2.14. The van der Waals surface area contributed by atoms with Crippen LogP contribution in [0.2, 0.25) is 0 Å². The number of hydrogen-bond donors (Lipinski definition) is 2. The van der Waals surface area contributed by atoms with Crippen LogP contribution in [0.25, 0.3) is 11.3 Å². The quantitative estimate of drug-likeness (QED) is 0.454. The average molecular weight is 433 g/mol. The van der Waals surface area contributed by atoms with E-state index in [0.29, 0.717) is 11.3 Å². The zero-order valence-electron chi connectivity index (χ0n) is 14.8. The second-order valence-corrected chi connectivity index (χ2v) is 5.86. The number of carbonyl (C=O) groups is 1. The molecule has 1 heterocycles. The van der Waals surface area contributed by atoms with Crippen molar-refractivity contribution in [3.63, 3.8) is 0 Å². The Morgan fingerprint density at radius 3 is 2.23 bits per heavy atom. The number of methoxy groups -OCH3 is 1. The molecule has 0 unspecified atom stereocenters. The summed E-state index contributed by atoms with van der Waals surface area (Å²) in [4.78, 5) is 12.2. The standard InChI is InChI=1S/C18H10F7N3O2/c1-30-8-4-2-3-7(5-8)9-6-10(28-27-9)17(29)26-16-14(21)12(19)11(18(23,24)25)13(20)15(16)22/h2-6H,1H3,(H,26,29)(H,27,28). The Kier molecular flexibility index (Phi) is 5.42. The third-order valence-corrected chi connectivity index (χ3v) is 3.97. The van der Waals surface area contributed by atoms with Gasteiger partial charge in [0.05, 0.1) is 12.8 Å². The average Bonchev–Trinajstić information content (AvgIpc) is 3.19. The van der Waals surface area contributed by atoms with Gasteiger partial charge < -0.3 is 10.1 Å². The third kappa shape index (κ3) is 3.80. The van der Waals surface area contributed by atoms with Crippen molar-refractivity contribution in [1.82, 2.24) is 10.2 Å². The second kappa shape index (κ2) is 7.69. The first-order valence-electron chi connectivity index (χ1n) is 7.99. The van der Waals surface area contributed by atoms with Gasteiger partial charge in [0.15, 0.2) is 23.3 Å². The fraction of sp³-hybridized carbons (Fsp3) is 0.111. The number of halogens is 7. The maximum Gasteiger partial charge on any atom is 0.422 e. The van der Waals surface area contributed by atoms with Crippen LogP contribution in [0.3, 0.4) is 0 Å². The van der Waals surface area contributed by atoms with Gasteiger partial charge in [0.25, 0.3) is 5.91 Å². The van der Waals surface area contributed by atoms with Gasteiger partial charge in [0, 0.05) is 5.56 Å². The molecule has 0 spiro atoms. The SMILES string of the molecule is COc1cccc(-c2cc(C(=O)Nc3c(F)c(F)c(C(F)(F)F)c(F)c3F)[nH]n2)c1. The molecular formula is C18H10F7N3O2. The number of rotatable bonds is 4. The van der Waals surface area contributed by atoms with Crippen LogP contribution in [-0.2, 0) is 6.18 Å². The van der Waals surface area contributed by atoms with Crippen molar-refractivity contribution in [1.29, 1.82) is 0 Å². The van der Waals surface area contributed by atoms with Gasteiger partial charge in [-0.2, -0.15) is 18.3 Å². The third-order valence-electron chi connectivity index (χ3n) is 3.97. The van der Waals surface area contributed by atoms with Crippen molar-refractivity contribution in [2.24, 2.45) is 0 Å². The van der Waals surface area contributed by atoms with E-state index in [2.05, 4.69) is 10.2 Å². The molecule has 0 fully saturated rings. The molecule has 0 aliphatic rings. The van der Waals surface area contributed by atoms with Crippen LogP contribution in [0.1, 0.15) is 16.1 Å². The van der Waals surface area contributed by atoms with Crippen LogP contribution in [0.15, 0.2) is 30.3 Å². The number of anilines is 1. The molecule has 3 aromatic rings. The first-order valence-corrected chi connectivity index (χ1v) is 7.99. The summed E-state index contributed by atoms with van der Waals surface area (Å²) < 4.78 is 98.1. The van der Waals surface area contributed by atoms with Crippen LogP contribution in [0.4, 0.5) is 36.4 Å². The number of benzene rings is 2. The van der Waals surface area contributed by atoms with E-state index in [9.17, 15) is 35.5 Å². The summed E-state index contributed by atoms with van der Waals surface area (Å²) in [6.45, 7) is 0. The van der Waals surface area contributed by atoms with Gasteiger partial charge in [-0.25, -0.2) is 17.6 Å². The van der Waals surface area contributed by atoms with Crippen molar-refractivity contribution >= 4 is 11.6 Å². The van der Waals surface area contributed by atoms with E-state index in [-0.39, 0.29) is 11.4 Å². The van der Waals surface area contributed by atoms with Gasteiger partial charge in [-0.1, -0.05) is 12.1 Å². The highest BCUT2D eigenvalue weighted by molar-refractivity contribution is 6.03. The maximum absolute atomic E-state index is 13.9. The Morgan fingerprint density at radius 2 is 1.67 bits per heavy atom. The monoisotopic (exact) mass is 433 g/mol. The zero-order chi connectivity index (χ0) is 22.2. The molecule has 0 aliphatic carbocycles. The highest BCUT2D eigenvalue weighted by Gasteiger charge is 2.42. The molecule has 1 amide bonds. The van der Waals surface area contributed by atoms with Gasteiger partial charge >= 0.3 is 6.18 Å². The first-order chi connectivity index (χ1) is 14.0. The summed E-state index contributed by atoms with van der Waals surface area (Å²) in [5.41, 5.74) is -4.12. The Balaban J connectivity index is 1.93. The molecule has 12 heteroatoms. The predicted octanol–water partition coefficient (Wildman–Crippen LogP) is 4.91. The number of carbonyl (C=O) groups excluding carboxylic acids is 1. The molecule has 0 radical (unpaired) electrons. The molecule has 3 rings (SSSR count). The second-order valence-electron chi connectivity index (χ2n) is 5.86. The van der Waals surface area contributed by atoms with Gasteiger partial charge in [-0.05, 0) is 18.2 Å².